The molecule has 0 radical (unpaired) electrons. The minimum atomic E-state index is -0.230. The molecule has 2 atom stereocenters. The predicted octanol–water partition coefficient (Wildman–Crippen LogP) is 2.04. The fourth-order valence-corrected chi connectivity index (χ4v) is 2.42. The standard InChI is InChI=1S/C13H18FNO/c14-11-5-3-4-10(8-11)12(9-16)13-6-1-2-7-15-13/h3-5,8,12-13,15-16H,1-2,6-7,9H2. The fraction of sp³-hybridized carbons (Fsp3) is 0.538. The molecule has 0 spiro atoms. The van der Waals surface area contributed by atoms with Gasteiger partial charge in [-0.05, 0) is 37.1 Å². The van der Waals surface area contributed by atoms with Crippen molar-refractivity contribution in [3.8, 4) is 0 Å². The largest absolute Gasteiger partial charge is 0.396 e. The van der Waals surface area contributed by atoms with Crippen LogP contribution in [0.1, 0.15) is 30.7 Å². The number of halogens is 1. The van der Waals surface area contributed by atoms with Crippen molar-refractivity contribution in [2.45, 2.75) is 31.2 Å². The van der Waals surface area contributed by atoms with Crippen LogP contribution in [0.2, 0.25) is 0 Å². The second kappa shape index (κ2) is 5.41. The highest BCUT2D eigenvalue weighted by molar-refractivity contribution is 5.22. The van der Waals surface area contributed by atoms with Gasteiger partial charge in [-0.15, -0.1) is 0 Å². The van der Waals surface area contributed by atoms with Gasteiger partial charge >= 0.3 is 0 Å². The van der Waals surface area contributed by atoms with Crippen LogP contribution in [0.15, 0.2) is 24.3 Å². The fourth-order valence-electron chi connectivity index (χ4n) is 2.42. The van der Waals surface area contributed by atoms with Gasteiger partial charge in [-0.1, -0.05) is 18.6 Å². The van der Waals surface area contributed by atoms with E-state index in [4.69, 9.17) is 0 Å². The lowest BCUT2D eigenvalue weighted by atomic mass is 9.87. The Morgan fingerprint density at radius 1 is 1.44 bits per heavy atom. The van der Waals surface area contributed by atoms with E-state index in [0.717, 1.165) is 18.5 Å². The lowest BCUT2D eigenvalue weighted by Crippen LogP contribution is -2.40. The van der Waals surface area contributed by atoms with E-state index in [1.54, 1.807) is 6.07 Å². The number of piperidine rings is 1. The summed E-state index contributed by atoms with van der Waals surface area (Å²) in [4.78, 5) is 0. The molecule has 2 nitrogen and oxygen atoms in total. The van der Waals surface area contributed by atoms with Gasteiger partial charge < -0.3 is 10.4 Å². The Labute approximate surface area is 95.5 Å². The molecule has 3 heteroatoms. The van der Waals surface area contributed by atoms with Crippen molar-refractivity contribution in [2.75, 3.05) is 13.2 Å². The van der Waals surface area contributed by atoms with Crippen molar-refractivity contribution in [1.82, 2.24) is 5.32 Å². The molecule has 1 aliphatic rings. The molecule has 0 saturated carbocycles. The highest BCUT2D eigenvalue weighted by Crippen LogP contribution is 2.25. The first kappa shape index (κ1) is 11.6. The quantitative estimate of drug-likeness (QED) is 0.822. The normalized spacial score (nSPS) is 23.0. The summed E-state index contributed by atoms with van der Waals surface area (Å²) in [5.74, 6) is -0.220. The van der Waals surface area contributed by atoms with E-state index < -0.39 is 0 Å². The van der Waals surface area contributed by atoms with Gasteiger partial charge in [0.1, 0.15) is 5.82 Å². The number of benzene rings is 1. The van der Waals surface area contributed by atoms with Crippen molar-refractivity contribution in [2.24, 2.45) is 0 Å². The molecule has 0 amide bonds. The Morgan fingerprint density at radius 2 is 2.31 bits per heavy atom. The van der Waals surface area contributed by atoms with Crippen LogP contribution in [-0.2, 0) is 0 Å². The molecule has 1 aliphatic heterocycles. The first-order valence-electron chi connectivity index (χ1n) is 5.91. The zero-order chi connectivity index (χ0) is 11.4. The van der Waals surface area contributed by atoms with Crippen molar-refractivity contribution >= 4 is 0 Å². The van der Waals surface area contributed by atoms with Crippen molar-refractivity contribution in [1.29, 1.82) is 0 Å². The Balaban J connectivity index is 2.14. The Kier molecular flexibility index (Phi) is 3.91. The number of hydrogen-bond donors (Lipinski definition) is 2. The van der Waals surface area contributed by atoms with Gasteiger partial charge in [0.15, 0.2) is 0 Å². The third-order valence-corrected chi connectivity index (χ3v) is 3.31. The van der Waals surface area contributed by atoms with E-state index in [1.165, 1.54) is 25.0 Å². The van der Waals surface area contributed by atoms with Crippen molar-refractivity contribution in [3.63, 3.8) is 0 Å². The van der Waals surface area contributed by atoms with E-state index in [2.05, 4.69) is 5.32 Å². The Hall–Kier alpha value is -0.930. The SMILES string of the molecule is OCC(c1cccc(F)c1)C1CCCCN1. The monoisotopic (exact) mass is 223 g/mol. The summed E-state index contributed by atoms with van der Waals surface area (Å²) in [7, 11) is 0. The average molecular weight is 223 g/mol. The molecule has 2 unspecified atom stereocenters. The summed E-state index contributed by atoms with van der Waals surface area (Å²) in [6.45, 7) is 1.07. The molecule has 1 fully saturated rings. The van der Waals surface area contributed by atoms with Crippen LogP contribution >= 0.6 is 0 Å². The minimum absolute atomic E-state index is 0.0102. The highest BCUT2D eigenvalue weighted by Gasteiger charge is 2.24. The van der Waals surface area contributed by atoms with Gasteiger partial charge in [0, 0.05) is 12.0 Å². The minimum Gasteiger partial charge on any atom is -0.396 e. The van der Waals surface area contributed by atoms with E-state index in [0.29, 0.717) is 0 Å². The average Bonchev–Trinajstić information content (AvgIpc) is 2.31. The molecule has 88 valence electrons. The molecule has 0 bridgehead atoms. The van der Waals surface area contributed by atoms with Crippen molar-refractivity contribution < 1.29 is 9.50 Å². The van der Waals surface area contributed by atoms with Gasteiger partial charge in [-0.3, -0.25) is 0 Å². The van der Waals surface area contributed by atoms with Crippen LogP contribution in [-0.4, -0.2) is 24.3 Å². The number of aliphatic hydroxyl groups excluding tert-OH is 1. The molecule has 2 N–H and O–H groups in total. The second-order valence-corrected chi connectivity index (χ2v) is 4.40. The Bertz CT molecular complexity index is 336. The molecule has 1 heterocycles. The summed E-state index contributed by atoms with van der Waals surface area (Å²) in [6, 6.07) is 6.83. The molecule has 1 saturated heterocycles. The number of rotatable bonds is 3. The zero-order valence-electron chi connectivity index (χ0n) is 9.32. The summed E-state index contributed by atoms with van der Waals surface area (Å²) in [5, 5.41) is 12.9. The third kappa shape index (κ3) is 2.60. The predicted molar refractivity (Wildman–Crippen MR) is 61.9 cm³/mol. The summed E-state index contributed by atoms with van der Waals surface area (Å²) in [5.41, 5.74) is 0.891. The molecule has 2 rings (SSSR count). The number of hydrogen-bond acceptors (Lipinski definition) is 2. The third-order valence-electron chi connectivity index (χ3n) is 3.31. The lowest BCUT2D eigenvalue weighted by Gasteiger charge is -2.30. The summed E-state index contributed by atoms with van der Waals surface area (Å²) in [6.07, 6.45) is 3.43. The van der Waals surface area contributed by atoms with Crippen LogP contribution in [0.5, 0.6) is 0 Å². The van der Waals surface area contributed by atoms with E-state index in [1.807, 2.05) is 6.07 Å². The summed E-state index contributed by atoms with van der Waals surface area (Å²) < 4.78 is 13.1. The second-order valence-electron chi connectivity index (χ2n) is 4.40. The van der Waals surface area contributed by atoms with Crippen molar-refractivity contribution in [3.05, 3.63) is 35.6 Å². The van der Waals surface area contributed by atoms with Gasteiger partial charge in [-0.25, -0.2) is 4.39 Å². The smallest absolute Gasteiger partial charge is 0.123 e. The lowest BCUT2D eigenvalue weighted by molar-refractivity contribution is 0.219. The van der Waals surface area contributed by atoms with E-state index >= 15 is 0 Å². The van der Waals surface area contributed by atoms with Gasteiger partial charge in [0.05, 0.1) is 6.61 Å². The van der Waals surface area contributed by atoms with Gasteiger partial charge in [0.25, 0.3) is 0 Å². The molecule has 0 aromatic heterocycles. The molecule has 16 heavy (non-hydrogen) atoms. The molecule has 1 aromatic carbocycles. The maximum absolute atomic E-state index is 13.1. The number of aliphatic hydroxyl groups is 1. The highest BCUT2D eigenvalue weighted by atomic mass is 19.1. The van der Waals surface area contributed by atoms with Crippen LogP contribution in [0.3, 0.4) is 0 Å². The van der Waals surface area contributed by atoms with E-state index in [9.17, 15) is 9.50 Å². The Morgan fingerprint density at radius 3 is 2.94 bits per heavy atom. The topological polar surface area (TPSA) is 32.3 Å². The zero-order valence-corrected chi connectivity index (χ0v) is 9.32. The van der Waals surface area contributed by atoms with Crippen LogP contribution in [0, 0.1) is 5.82 Å². The maximum Gasteiger partial charge on any atom is 0.123 e. The summed E-state index contributed by atoms with van der Waals surface area (Å²) >= 11 is 0. The van der Waals surface area contributed by atoms with Crippen LogP contribution < -0.4 is 5.32 Å². The molecule has 1 aromatic rings. The first-order valence-corrected chi connectivity index (χ1v) is 5.91. The van der Waals surface area contributed by atoms with E-state index in [-0.39, 0.29) is 24.4 Å². The first-order chi connectivity index (χ1) is 7.81. The van der Waals surface area contributed by atoms with Crippen LogP contribution in [0.4, 0.5) is 4.39 Å². The molecular weight excluding hydrogens is 205 g/mol. The molecule has 0 aliphatic carbocycles. The van der Waals surface area contributed by atoms with Gasteiger partial charge in [-0.2, -0.15) is 0 Å². The maximum atomic E-state index is 13.1. The molecular formula is C13H18FNO. The number of nitrogens with one attached hydrogen (secondary N) is 1. The van der Waals surface area contributed by atoms with Gasteiger partial charge in [0.2, 0.25) is 0 Å². The van der Waals surface area contributed by atoms with Crippen LogP contribution in [0.25, 0.3) is 0 Å².